The van der Waals surface area contributed by atoms with E-state index in [0.717, 1.165) is 6.54 Å². The van der Waals surface area contributed by atoms with Gasteiger partial charge in [-0.1, -0.05) is 6.92 Å². The molecule has 0 fully saturated rings. The molecule has 5 nitrogen and oxygen atoms in total. The van der Waals surface area contributed by atoms with Gasteiger partial charge in [0.15, 0.2) is 0 Å². The van der Waals surface area contributed by atoms with E-state index in [0.29, 0.717) is 32.8 Å². The first-order chi connectivity index (χ1) is 8.61. The van der Waals surface area contributed by atoms with Crippen molar-refractivity contribution in [3.05, 3.63) is 0 Å². The molecule has 1 N–H and O–H groups in total. The normalized spacial score (nSPS) is 12.7. The van der Waals surface area contributed by atoms with Crippen LogP contribution in [0, 0.1) is 0 Å². The van der Waals surface area contributed by atoms with Gasteiger partial charge in [0, 0.05) is 6.61 Å². The summed E-state index contributed by atoms with van der Waals surface area (Å²) in [5, 5.41) is 3.09. The number of carbonyl (C=O) groups excluding carboxylic acids is 1. The monoisotopic (exact) mass is 261 g/mol. The highest BCUT2D eigenvalue weighted by Crippen LogP contribution is 1.97. The molecule has 108 valence electrons. The molecule has 0 radical (unpaired) electrons. The zero-order valence-corrected chi connectivity index (χ0v) is 12.0. The maximum Gasteiger partial charge on any atom is 0.323 e. The highest BCUT2D eigenvalue weighted by molar-refractivity contribution is 5.75. The van der Waals surface area contributed by atoms with Gasteiger partial charge in [-0.15, -0.1) is 0 Å². The van der Waals surface area contributed by atoms with Crippen molar-refractivity contribution < 1.29 is 19.0 Å². The third kappa shape index (κ3) is 9.39. The van der Waals surface area contributed by atoms with Crippen LogP contribution in [0.5, 0.6) is 0 Å². The average Bonchev–Trinajstić information content (AvgIpc) is 2.32. The highest BCUT2D eigenvalue weighted by Gasteiger charge is 2.17. The van der Waals surface area contributed by atoms with Gasteiger partial charge in [-0.3, -0.25) is 4.79 Å². The van der Waals surface area contributed by atoms with Crippen molar-refractivity contribution in [1.29, 1.82) is 0 Å². The Morgan fingerprint density at radius 2 is 1.89 bits per heavy atom. The average molecular weight is 261 g/mol. The van der Waals surface area contributed by atoms with E-state index in [1.807, 2.05) is 20.8 Å². The molecule has 0 aromatic carbocycles. The molecule has 0 spiro atoms. The molecule has 0 saturated heterocycles. The van der Waals surface area contributed by atoms with Crippen LogP contribution < -0.4 is 5.32 Å². The number of esters is 1. The van der Waals surface area contributed by atoms with E-state index in [1.165, 1.54) is 0 Å². The first-order valence-corrected chi connectivity index (χ1v) is 6.71. The number of ether oxygens (including phenoxy) is 3. The van der Waals surface area contributed by atoms with Crippen molar-refractivity contribution in [2.45, 2.75) is 46.3 Å². The van der Waals surface area contributed by atoms with Gasteiger partial charge in [-0.2, -0.15) is 0 Å². The molecule has 0 bridgehead atoms. The molecule has 1 atom stereocenters. The Morgan fingerprint density at radius 1 is 1.17 bits per heavy atom. The highest BCUT2D eigenvalue weighted by atomic mass is 16.5. The maximum atomic E-state index is 11.6. The summed E-state index contributed by atoms with van der Waals surface area (Å²) in [4.78, 5) is 11.6. The molecule has 18 heavy (non-hydrogen) atoms. The van der Waals surface area contributed by atoms with Crippen LogP contribution in [-0.4, -0.2) is 51.1 Å². The van der Waals surface area contributed by atoms with Crippen molar-refractivity contribution >= 4 is 5.97 Å². The van der Waals surface area contributed by atoms with Crippen LogP contribution >= 0.6 is 0 Å². The summed E-state index contributed by atoms with van der Waals surface area (Å²) in [7, 11) is 0. The van der Waals surface area contributed by atoms with Crippen molar-refractivity contribution in [2.24, 2.45) is 0 Å². The van der Waals surface area contributed by atoms with Gasteiger partial charge in [0.2, 0.25) is 0 Å². The van der Waals surface area contributed by atoms with Crippen molar-refractivity contribution in [3.63, 3.8) is 0 Å². The molecular formula is C13H27NO4. The van der Waals surface area contributed by atoms with E-state index in [9.17, 15) is 4.79 Å². The Balaban J connectivity index is 3.66. The van der Waals surface area contributed by atoms with Gasteiger partial charge in [0.05, 0.1) is 25.9 Å². The number of hydrogen-bond donors (Lipinski definition) is 1. The molecule has 0 aromatic heterocycles. The zero-order valence-electron chi connectivity index (χ0n) is 12.0. The lowest BCUT2D eigenvalue weighted by Crippen LogP contribution is -2.39. The van der Waals surface area contributed by atoms with Crippen LogP contribution in [0.1, 0.15) is 34.1 Å². The lowest BCUT2D eigenvalue weighted by Gasteiger charge is -2.16. The smallest absolute Gasteiger partial charge is 0.323 e. The lowest BCUT2D eigenvalue weighted by molar-refractivity contribution is -0.146. The summed E-state index contributed by atoms with van der Waals surface area (Å²) in [5.74, 6) is -0.207. The Morgan fingerprint density at radius 3 is 2.44 bits per heavy atom. The predicted octanol–water partition coefficient (Wildman–Crippen LogP) is 1.36. The summed E-state index contributed by atoms with van der Waals surface area (Å²) in [6.45, 7) is 10.6. The molecule has 1 unspecified atom stereocenters. The van der Waals surface area contributed by atoms with Gasteiger partial charge in [-0.05, 0) is 33.7 Å². The minimum absolute atomic E-state index is 0.207. The largest absolute Gasteiger partial charge is 0.465 e. The number of hydrogen-bond acceptors (Lipinski definition) is 5. The molecule has 0 heterocycles. The van der Waals surface area contributed by atoms with Crippen LogP contribution in [0.4, 0.5) is 0 Å². The Labute approximate surface area is 110 Å². The molecular weight excluding hydrogens is 234 g/mol. The van der Waals surface area contributed by atoms with Crippen LogP contribution in [-0.2, 0) is 19.0 Å². The van der Waals surface area contributed by atoms with Gasteiger partial charge in [0.25, 0.3) is 0 Å². The quantitative estimate of drug-likeness (QED) is 0.449. The second-order valence-electron chi connectivity index (χ2n) is 4.18. The van der Waals surface area contributed by atoms with Crippen molar-refractivity contribution in [1.82, 2.24) is 5.32 Å². The van der Waals surface area contributed by atoms with E-state index in [-0.39, 0.29) is 18.1 Å². The predicted molar refractivity (Wildman–Crippen MR) is 70.6 cm³/mol. The van der Waals surface area contributed by atoms with Crippen LogP contribution in [0.25, 0.3) is 0 Å². The van der Waals surface area contributed by atoms with Crippen LogP contribution in [0.15, 0.2) is 0 Å². The number of likely N-dealkylation sites (N-methyl/N-ethyl adjacent to an activating group) is 1. The summed E-state index contributed by atoms with van der Waals surface area (Å²) in [6.07, 6.45) is 0.844. The minimum atomic E-state index is -0.277. The second-order valence-corrected chi connectivity index (χ2v) is 4.18. The Hall–Kier alpha value is -0.650. The fraction of sp³-hybridized carbons (Fsp3) is 0.923. The topological polar surface area (TPSA) is 56.8 Å². The number of rotatable bonds is 11. The molecule has 0 aliphatic carbocycles. The first kappa shape index (κ1) is 17.4. The third-order valence-electron chi connectivity index (χ3n) is 2.25. The summed E-state index contributed by atoms with van der Waals surface area (Å²) in [5.41, 5.74) is 0. The first-order valence-electron chi connectivity index (χ1n) is 6.71. The minimum Gasteiger partial charge on any atom is -0.465 e. The van der Waals surface area contributed by atoms with Gasteiger partial charge in [-0.25, -0.2) is 0 Å². The van der Waals surface area contributed by atoms with Crippen molar-refractivity contribution in [2.75, 3.05) is 33.0 Å². The zero-order chi connectivity index (χ0) is 13.8. The lowest BCUT2D eigenvalue weighted by atomic mass is 10.2. The Kier molecular flexibility index (Phi) is 11.0. The summed E-state index contributed by atoms with van der Waals surface area (Å²) >= 11 is 0. The van der Waals surface area contributed by atoms with Gasteiger partial charge >= 0.3 is 5.97 Å². The summed E-state index contributed by atoms with van der Waals surface area (Å²) in [6, 6.07) is -0.277. The molecule has 0 amide bonds. The molecule has 0 aromatic rings. The standard InChI is InChI=1S/C13H27NO4/c1-5-14-12(13(15)17-6-2)7-8-16-9-10-18-11(3)4/h11-12,14H,5-10H2,1-4H3. The van der Waals surface area contributed by atoms with E-state index >= 15 is 0 Å². The fourth-order valence-electron chi connectivity index (χ4n) is 1.44. The Bertz CT molecular complexity index is 209. The van der Waals surface area contributed by atoms with Gasteiger partial charge in [0.1, 0.15) is 6.04 Å². The maximum absolute atomic E-state index is 11.6. The number of carbonyl (C=O) groups is 1. The van der Waals surface area contributed by atoms with Gasteiger partial charge < -0.3 is 19.5 Å². The van der Waals surface area contributed by atoms with Crippen molar-refractivity contribution in [3.8, 4) is 0 Å². The molecule has 0 aliphatic rings. The molecule has 0 rings (SSSR count). The molecule has 0 saturated carbocycles. The van der Waals surface area contributed by atoms with Crippen LogP contribution in [0.2, 0.25) is 0 Å². The number of nitrogens with one attached hydrogen (secondary N) is 1. The molecule has 5 heteroatoms. The SMILES string of the molecule is CCNC(CCOCCOC(C)C)C(=O)OCC. The van der Waals surface area contributed by atoms with E-state index in [1.54, 1.807) is 6.92 Å². The second kappa shape index (κ2) is 11.4. The van der Waals surface area contributed by atoms with E-state index in [2.05, 4.69) is 5.32 Å². The summed E-state index contributed by atoms with van der Waals surface area (Å²) < 4.78 is 15.8. The fourth-order valence-corrected chi connectivity index (χ4v) is 1.44. The third-order valence-corrected chi connectivity index (χ3v) is 2.25. The van der Waals surface area contributed by atoms with E-state index in [4.69, 9.17) is 14.2 Å². The molecule has 0 aliphatic heterocycles. The van der Waals surface area contributed by atoms with Crippen LogP contribution in [0.3, 0.4) is 0 Å². The van der Waals surface area contributed by atoms with E-state index < -0.39 is 0 Å².